The van der Waals surface area contributed by atoms with E-state index in [0.717, 1.165) is 5.19 Å². The molecule has 2 aromatic carbocycles. The minimum Gasteiger partial charge on any atom is -0.399 e. The van der Waals surface area contributed by atoms with Gasteiger partial charge in [-0.1, -0.05) is 12.1 Å². The number of carbonyl (C=O) groups excluding carboxylic acids is 1. The second kappa shape index (κ2) is 9.52. The van der Waals surface area contributed by atoms with Gasteiger partial charge in [0.1, 0.15) is 0 Å². The van der Waals surface area contributed by atoms with Gasteiger partial charge in [-0.05, 0) is 51.1 Å². The maximum absolute atomic E-state index is 12.4. The molecule has 0 radical (unpaired) electrons. The lowest BCUT2D eigenvalue weighted by Crippen LogP contribution is -2.56. The fourth-order valence-electron chi connectivity index (χ4n) is 2.71. The van der Waals surface area contributed by atoms with E-state index in [0.29, 0.717) is 42.4 Å². The predicted octanol–water partition coefficient (Wildman–Crippen LogP) is 2.36. The molecule has 0 spiro atoms. The highest BCUT2D eigenvalue weighted by Gasteiger charge is 2.43. The van der Waals surface area contributed by atoms with Crippen LogP contribution in [0.25, 0.3) is 0 Å². The van der Waals surface area contributed by atoms with Crippen molar-refractivity contribution in [2.45, 2.75) is 20.8 Å². The summed E-state index contributed by atoms with van der Waals surface area (Å²) in [5.41, 5.74) is 13.4. The minimum absolute atomic E-state index is 0.287. The number of nitrogens with one attached hydrogen (secondary N) is 1. The molecule has 0 aliphatic rings. The number of nitrogens with two attached hydrogens (primary N) is 2. The van der Waals surface area contributed by atoms with Crippen LogP contribution < -0.4 is 22.0 Å². The Balaban J connectivity index is 2.20. The lowest BCUT2D eigenvalue weighted by Gasteiger charge is -2.28. The zero-order chi connectivity index (χ0) is 19.9. The Labute approximate surface area is 161 Å². The molecule has 0 fully saturated rings. The molecule has 0 aliphatic carbocycles. The molecule has 2 aromatic rings. The zero-order valence-corrected chi connectivity index (χ0v) is 17.0. The SMILES string of the molecule is CCO[Si](OCC)(OCC)c1ccc(NC(=O)c2cc(N)cc(N)c2)cc1. The summed E-state index contributed by atoms with van der Waals surface area (Å²) in [5.74, 6) is -0.287. The van der Waals surface area contributed by atoms with E-state index >= 15 is 0 Å². The van der Waals surface area contributed by atoms with Crippen LogP contribution >= 0.6 is 0 Å². The van der Waals surface area contributed by atoms with Crippen molar-refractivity contribution >= 4 is 37.0 Å². The van der Waals surface area contributed by atoms with E-state index in [1.807, 2.05) is 32.9 Å². The van der Waals surface area contributed by atoms with Crippen molar-refractivity contribution in [1.82, 2.24) is 0 Å². The lowest BCUT2D eigenvalue weighted by atomic mass is 10.1. The molecule has 27 heavy (non-hydrogen) atoms. The summed E-state index contributed by atoms with van der Waals surface area (Å²) in [7, 11) is -2.96. The van der Waals surface area contributed by atoms with Crippen LogP contribution in [-0.2, 0) is 13.3 Å². The summed E-state index contributed by atoms with van der Waals surface area (Å²) in [6.07, 6.45) is 0. The van der Waals surface area contributed by atoms with Crippen molar-refractivity contribution in [2.75, 3.05) is 36.6 Å². The standard InChI is InChI=1S/C19H27N3O4Si/c1-4-24-27(25-5-2,26-6-3)18-9-7-17(8-10-18)22-19(23)14-11-15(20)13-16(21)12-14/h7-13H,4-6,20-21H2,1-3H3,(H,22,23). The number of hydrogen-bond donors (Lipinski definition) is 3. The molecular weight excluding hydrogens is 362 g/mol. The second-order valence-electron chi connectivity index (χ2n) is 5.78. The molecule has 0 atom stereocenters. The Morgan fingerprint density at radius 2 is 1.37 bits per heavy atom. The van der Waals surface area contributed by atoms with Crippen molar-refractivity contribution in [3.63, 3.8) is 0 Å². The second-order valence-corrected chi connectivity index (χ2v) is 8.33. The lowest BCUT2D eigenvalue weighted by molar-refractivity contribution is 0.0859. The molecule has 0 unspecified atom stereocenters. The Kier molecular flexibility index (Phi) is 7.37. The van der Waals surface area contributed by atoms with Crippen LogP contribution in [0.3, 0.4) is 0 Å². The summed E-state index contributed by atoms with van der Waals surface area (Å²) < 4.78 is 17.7. The molecule has 0 saturated carbocycles. The van der Waals surface area contributed by atoms with Crippen molar-refractivity contribution in [1.29, 1.82) is 0 Å². The van der Waals surface area contributed by atoms with Gasteiger partial charge in [0.05, 0.1) is 0 Å². The van der Waals surface area contributed by atoms with Gasteiger partial charge in [0.2, 0.25) is 0 Å². The van der Waals surface area contributed by atoms with Gasteiger partial charge in [-0.15, -0.1) is 0 Å². The number of amides is 1. The Morgan fingerprint density at radius 3 is 1.81 bits per heavy atom. The minimum atomic E-state index is -2.96. The predicted molar refractivity (Wildman–Crippen MR) is 110 cm³/mol. The molecule has 0 bridgehead atoms. The van der Waals surface area contributed by atoms with Gasteiger partial charge in [-0.2, -0.15) is 0 Å². The van der Waals surface area contributed by atoms with Crippen LogP contribution in [0, 0.1) is 0 Å². The Bertz CT molecular complexity index is 731. The van der Waals surface area contributed by atoms with Gasteiger partial charge in [-0.25, -0.2) is 0 Å². The molecule has 0 aliphatic heterocycles. The van der Waals surface area contributed by atoms with Gasteiger partial charge >= 0.3 is 8.80 Å². The molecule has 8 heteroatoms. The van der Waals surface area contributed by atoms with E-state index in [4.69, 9.17) is 24.7 Å². The van der Waals surface area contributed by atoms with Gasteiger partial charge in [0, 0.05) is 47.6 Å². The molecule has 0 aromatic heterocycles. The fourth-order valence-corrected chi connectivity index (χ4v) is 5.18. The topological polar surface area (TPSA) is 109 Å². The van der Waals surface area contributed by atoms with E-state index < -0.39 is 8.80 Å². The first-order chi connectivity index (χ1) is 12.9. The first-order valence-corrected chi connectivity index (χ1v) is 10.7. The average Bonchev–Trinajstić information content (AvgIpc) is 2.62. The summed E-state index contributed by atoms with van der Waals surface area (Å²) in [6.45, 7) is 7.19. The first kappa shape index (κ1) is 20.9. The third-order valence-electron chi connectivity index (χ3n) is 3.74. The third-order valence-corrected chi connectivity index (χ3v) is 6.79. The van der Waals surface area contributed by atoms with E-state index in [1.165, 1.54) is 0 Å². The van der Waals surface area contributed by atoms with Crippen molar-refractivity contribution in [3.8, 4) is 0 Å². The van der Waals surface area contributed by atoms with E-state index in [9.17, 15) is 4.79 Å². The number of rotatable bonds is 9. The zero-order valence-electron chi connectivity index (χ0n) is 16.0. The average molecular weight is 390 g/mol. The Morgan fingerprint density at radius 1 is 0.889 bits per heavy atom. The van der Waals surface area contributed by atoms with E-state index in [1.54, 1.807) is 30.3 Å². The van der Waals surface area contributed by atoms with Crippen LogP contribution in [0.1, 0.15) is 31.1 Å². The van der Waals surface area contributed by atoms with Crippen LogP contribution in [0.5, 0.6) is 0 Å². The molecule has 0 heterocycles. The molecule has 7 nitrogen and oxygen atoms in total. The molecule has 5 N–H and O–H groups in total. The van der Waals surface area contributed by atoms with Crippen LogP contribution in [0.4, 0.5) is 17.1 Å². The normalized spacial score (nSPS) is 11.4. The van der Waals surface area contributed by atoms with Crippen molar-refractivity contribution in [2.24, 2.45) is 0 Å². The molecule has 1 amide bonds. The number of carbonyl (C=O) groups is 1. The molecule has 2 rings (SSSR count). The van der Waals surface area contributed by atoms with E-state index in [2.05, 4.69) is 5.32 Å². The number of hydrogen-bond acceptors (Lipinski definition) is 6. The fraction of sp³-hybridized carbons (Fsp3) is 0.316. The van der Waals surface area contributed by atoms with Gasteiger partial charge in [0.25, 0.3) is 5.91 Å². The van der Waals surface area contributed by atoms with Crippen LogP contribution in [-0.4, -0.2) is 34.5 Å². The highest BCUT2D eigenvalue weighted by Crippen LogP contribution is 2.17. The van der Waals surface area contributed by atoms with Crippen LogP contribution in [0.2, 0.25) is 0 Å². The van der Waals surface area contributed by atoms with E-state index in [-0.39, 0.29) is 5.91 Å². The summed E-state index contributed by atoms with van der Waals surface area (Å²) >= 11 is 0. The maximum atomic E-state index is 12.4. The first-order valence-electron chi connectivity index (χ1n) is 8.93. The summed E-state index contributed by atoms with van der Waals surface area (Å²) in [5, 5.41) is 3.68. The largest absolute Gasteiger partial charge is 0.537 e. The number of benzene rings is 2. The summed E-state index contributed by atoms with van der Waals surface area (Å²) in [4.78, 5) is 12.4. The monoisotopic (exact) mass is 389 g/mol. The highest BCUT2D eigenvalue weighted by atomic mass is 28.4. The maximum Gasteiger partial charge on any atom is 0.537 e. The van der Waals surface area contributed by atoms with Gasteiger partial charge in [-0.3, -0.25) is 4.79 Å². The Hall–Kier alpha value is -2.39. The molecular formula is C19H27N3O4Si. The molecule has 146 valence electrons. The van der Waals surface area contributed by atoms with Gasteiger partial charge < -0.3 is 30.1 Å². The third kappa shape index (κ3) is 5.30. The van der Waals surface area contributed by atoms with Crippen LogP contribution in [0.15, 0.2) is 42.5 Å². The number of nitrogen functional groups attached to an aromatic ring is 2. The summed E-state index contributed by atoms with van der Waals surface area (Å²) in [6, 6.07) is 12.1. The highest BCUT2D eigenvalue weighted by molar-refractivity contribution is 6.75. The van der Waals surface area contributed by atoms with Gasteiger partial charge in [0.15, 0.2) is 0 Å². The smallest absolute Gasteiger partial charge is 0.399 e. The molecule has 0 saturated heterocycles. The quantitative estimate of drug-likeness (QED) is 0.449. The van der Waals surface area contributed by atoms with Crippen molar-refractivity contribution in [3.05, 3.63) is 48.0 Å². The number of anilines is 3. The van der Waals surface area contributed by atoms with Crippen molar-refractivity contribution < 1.29 is 18.1 Å².